The summed E-state index contributed by atoms with van der Waals surface area (Å²) in [5, 5.41) is 11.4. The monoisotopic (exact) mass is 311 g/mol. The Morgan fingerprint density at radius 1 is 1.29 bits per heavy atom. The molecule has 1 unspecified atom stereocenters. The van der Waals surface area contributed by atoms with Gasteiger partial charge in [-0.2, -0.15) is 0 Å². The zero-order valence-electron chi connectivity index (χ0n) is 13.2. The van der Waals surface area contributed by atoms with Crippen LogP contribution in [0.4, 0.5) is 0 Å². The lowest BCUT2D eigenvalue weighted by Gasteiger charge is -2.44. The lowest BCUT2D eigenvalue weighted by molar-refractivity contribution is -0.0189. The van der Waals surface area contributed by atoms with Crippen molar-refractivity contribution >= 4 is 11.6 Å². The second kappa shape index (κ2) is 6.99. The molecule has 1 aromatic carbocycles. The fourth-order valence-corrected chi connectivity index (χ4v) is 3.24. The summed E-state index contributed by atoms with van der Waals surface area (Å²) in [5.41, 5.74) is 0.718. The van der Waals surface area contributed by atoms with Gasteiger partial charge in [0.1, 0.15) is 5.75 Å². The van der Waals surface area contributed by atoms with Gasteiger partial charge in [0.15, 0.2) is 0 Å². The molecular formula is C17H26ClNO2. The molecule has 21 heavy (non-hydrogen) atoms. The highest BCUT2D eigenvalue weighted by Crippen LogP contribution is 2.29. The molecule has 1 aromatic rings. The number of benzene rings is 1. The number of likely N-dealkylation sites (tertiary alicyclic amines) is 1. The normalized spacial score (nSPS) is 18.5. The molecule has 4 heteroatoms. The summed E-state index contributed by atoms with van der Waals surface area (Å²) in [4.78, 5) is 2.40. The van der Waals surface area contributed by atoms with Crippen LogP contribution in [0.15, 0.2) is 18.2 Å². The van der Waals surface area contributed by atoms with E-state index >= 15 is 0 Å². The van der Waals surface area contributed by atoms with E-state index in [-0.39, 0.29) is 5.54 Å². The number of aliphatic hydroxyl groups excluding tert-OH is 1. The Morgan fingerprint density at radius 3 is 2.57 bits per heavy atom. The van der Waals surface area contributed by atoms with Gasteiger partial charge in [-0.1, -0.05) is 18.0 Å². The van der Waals surface area contributed by atoms with E-state index in [1.54, 1.807) is 7.11 Å². The summed E-state index contributed by atoms with van der Waals surface area (Å²) >= 11 is 6.07. The number of rotatable bonds is 5. The summed E-state index contributed by atoms with van der Waals surface area (Å²) in [5.74, 6) is 0.785. The number of hydrogen-bond donors (Lipinski definition) is 1. The maximum absolute atomic E-state index is 10.8. The number of nitrogens with zero attached hydrogens (tertiary/aromatic N) is 1. The van der Waals surface area contributed by atoms with Crippen molar-refractivity contribution in [2.24, 2.45) is 0 Å². The molecule has 0 spiro atoms. The van der Waals surface area contributed by atoms with Crippen molar-refractivity contribution in [2.75, 3.05) is 20.2 Å². The van der Waals surface area contributed by atoms with Crippen LogP contribution in [0.1, 0.15) is 38.7 Å². The highest BCUT2D eigenvalue weighted by molar-refractivity contribution is 6.30. The molecule has 1 aliphatic heterocycles. The summed E-state index contributed by atoms with van der Waals surface area (Å²) in [7, 11) is 1.65. The molecule has 0 amide bonds. The van der Waals surface area contributed by atoms with Crippen molar-refractivity contribution in [3.8, 4) is 5.75 Å². The number of aliphatic hydroxyl groups is 1. The molecule has 3 nitrogen and oxygen atoms in total. The maximum atomic E-state index is 10.8. The minimum Gasteiger partial charge on any atom is -0.496 e. The minimum absolute atomic E-state index is 0.242. The van der Waals surface area contributed by atoms with Crippen LogP contribution in [0, 0.1) is 0 Å². The van der Waals surface area contributed by atoms with Crippen LogP contribution >= 0.6 is 11.6 Å². The molecule has 0 bridgehead atoms. The molecule has 2 rings (SSSR count). The molecule has 0 saturated carbocycles. The molecule has 1 atom stereocenters. The van der Waals surface area contributed by atoms with Gasteiger partial charge in [0.25, 0.3) is 0 Å². The third-order valence-electron chi connectivity index (χ3n) is 4.64. The summed E-state index contributed by atoms with van der Waals surface area (Å²) in [6, 6.07) is 5.56. The average Bonchev–Trinajstić information content (AvgIpc) is 2.48. The molecule has 1 aliphatic rings. The number of ether oxygens (including phenoxy) is 1. The first-order chi connectivity index (χ1) is 9.95. The summed E-state index contributed by atoms with van der Waals surface area (Å²) in [6.07, 6.45) is 3.83. The lowest BCUT2D eigenvalue weighted by Crippen LogP contribution is -2.54. The predicted molar refractivity (Wildman–Crippen MR) is 87.2 cm³/mol. The topological polar surface area (TPSA) is 32.7 Å². The quantitative estimate of drug-likeness (QED) is 0.903. The van der Waals surface area contributed by atoms with Crippen molar-refractivity contribution in [2.45, 2.75) is 51.2 Å². The Balaban J connectivity index is 2.12. The second-order valence-electron chi connectivity index (χ2n) is 6.38. The molecule has 1 N–H and O–H groups in total. The summed E-state index contributed by atoms with van der Waals surface area (Å²) in [6.45, 7) is 6.38. The van der Waals surface area contributed by atoms with E-state index in [0.717, 1.165) is 24.4 Å². The molecule has 0 aromatic heterocycles. The number of piperidine rings is 1. The van der Waals surface area contributed by atoms with Crippen LogP contribution in [-0.2, 0) is 6.42 Å². The molecule has 0 aliphatic carbocycles. The standard InChI is InChI=1S/C17H26ClNO2/c1-17(2,19-9-5-4-6-10-19)16(20)12-13-11-14(18)7-8-15(13)21-3/h7-8,11,16,20H,4-6,9-10,12H2,1-3H3. The van der Waals surface area contributed by atoms with Crippen molar-refractivity contribution < 1.29 is 9.84 Å². The Hall–Kier alpha value is -0.770. The van der Waals surface area contributed by atoms with E-state index in [1.165, 1.54) is 19.3 Å². The zero-order valence-corrected chi connectivity index (χ0v) is 14.0. The minimum atomic E-state index is -0.456. The first-order valence-corrected chi connectivity index (χ1v) is 8.08. The zero-order chi connectivity index (χ0) is 15.5. The van der Waals surface area contributed by atoms with Crippen LogP contribution in [0.3, 0.4) is 0 Å². The smallest absolute Gasteiger partial charge is 0.122 e. The van der Waals surface area contributed by atoms with Crippen LogP contribution in [0.25, 0.3) is 0 Å². The molecule has 1 fully saturated rings. The van der Waals surface area contributed by atoms with Crippen LogP contribution in [0.5, 0.6) is 5.75 Å². The first kappa shape index (κ1) is 16.6. The number of methoxy groups -OCH3 is 1. The van der Waals surface area contributed by atoms with Crippen molar-refractivity contribution in [3.63, 3.8) is 0 Å². The Bertz CT molecular complexity index is 470. The van der Waals surface area contributed by atoms with Gasteiger partial charge >= 0.3 is 0 Å². The Morgan fingerprint density at radius 2 is 1.95 bits per heavy atom. The molecule has 1 heterocycles. The van der Waals surface area contributed by atoms with Gasteiger partial charge in [0, 0.05) is 17.0 Å². The van der Waals surface area contributed by atoms with E-state index in [0.29, 0.717) is 11.4 Å². The Kier molecular flexibility index (Phi) is 5.53. The fourth-order valence-electron chi connectivity index (χ4n) is 3.05. The molecular weight excluding hydrogens is 286 g/mol. The second-order valence-corrected chi connectivity index (χ2v) is 6.81. The lowest BCUT2D eigenvalue weighted by atomic mass is 9.88. The van der Waals surface area contributed by atoms with E-state index < -0.39 is 6.10 Å². The van der Waals surface area contributed by atoms with Crippen molar-refractivity contribution in [1.82, 2.24) is 4.90 Å². The fraction of sp³-hybridized carbons (Fsp3) is 0.647. The van der Waals surface area contributed by atoms with Crippen molar-refractivity contribution in [1.29, 1.82) is 0 Å². The van der Waals surface area contributed by atoms with Gasteiger partial charge in [-0.15, -0.1) is 0 Å². The van der Waals surface area contributed by atoms with Gasteiger partial charge in [0.2, 0.25) is 0 Å². The first-order valence-electron chi connectivity index (χ1n) is 7.70. The maximum Gasteiger partial charge on any atom is 0.122 e. The molecule has 0 radical (unpaired) electrons. The third kappa shape index (κ3) is 3.91. The van der Waals surface area contributed by atoms with Gasteiger partial charge in [-0.25, -0.2) is 0 Å². The van der Waals surface area contributed by atoms with Crippen LogP contribution < -0.4 is 4.74 Å². The largest absolute Gasteiger partial charge is 0.496 e. The van der Waals surface area contributed by atoms with E-state index in [1.807, 2.05) is 18.2 Å². The van der Waals surface area contributed by atoms with E-state index in [9.17, 15) is 5.11 Å². The Labute approximate surface area is 132 Å². The van der Waals surface area contributed by atoms with Gasteiger partial charge < -0.3 is 9.84 Å². The highest BCUT2D eigenvalue weighted by Gasteiger charge is 2.35. The summed E-state index contributed by atoms with van der Waals surface area (Å²) < 4.78 is 5.38. The SMILES string of the molecule is COc1ccc(Cl)cc1CC(O)C(C)(C)N1CCCCC1. The van der Waals surface area contributed by atoms with E-state index in [2.05, 4.69) is 18.7 Å². The number of hydrogen-bond acceptors (Lipinski definition) is 3. The highest BCUT2D eigenvalue weighted by atomic mass is 35.5. The molecule has 118 valence electrons. The van der Waals surface area contributed by atoms with Gasteiger partial charge in [0.05, 0.1) is 13.2 Å². The number of halogens is 1. The predicted octanol–water partition coefficient (Wildman–Crippen LogP) is 3.52. The van der Waals surface area contributed by atoms with Gasteiger partial charge in [-0.3, -0.25) is 4.90 Å². The molecule has 1 saturated heterocycles. The van der Waals surface area contributed by atoms with Crippen LogP contribution in [0.2, 0.25) is 5.02 Å². The van der Waals surface area contributed by atoms with Crippen LogP contribution in [-0.4, -0.2) is 41.8 Å². The van der Waals surface area contributed by atoms with Crippen molar-refractivity contribution in [3.05, 3.63) is 28.8 Å². The van der Waals surface area contributed by atoms with Gasteiger partial charge in [-0.05, 0) is 63.5 Å². The van der Waals surface area contributed by atoms with E-state index in [4.69, 9.17) is 16.3 Å². The third-order valence-corrected chi connectivity index (χ3v) is 4.88. The average molecular weight is 312 g/mol.